The lowest BCUT2D eigenvalue weighted by atomic mass is 10.1. The zero-order chi connectivity index (χ0) is 21.6. The lowest BCUT2D eigenvalue weighted by molar-refractivity contribution is 0.102. The lowest BCUT2D eigenvalue weighted by Crippen LogP contribution is -2.38. The van der Waals surface area contributed by atoms with Crippen LogP contribution in [0.4, 0.5) is 11.5 Å². The highest BCUT2D eigenvalue weighted by Gasteiger charge is 2.21. The molecule has 2 aromatic carbocycles. The number of nitrogens with zero attached hydrogens (tertiary/aromatic N) is 2. The van der Waals surface area contributed by atoms with Gasteiger partial charge in [0.15, 0.2) is 0 Å². The number of rotatable bonds is 6. The molecule has 1 amide bonds. The van der Waals surface area contributed by atoms with Crippen LogP contribution in [0.15, 0.2) is 65.6 Å². The first-order valence-corrected chi connectivity index (χ1v) is 11.3. The average Bonchev–Trinajstić information content (AvgIpc) is 2.84. The first-order valence-electron chi connectivity index (χ1n) is 10.1. The molecule has 3 aromatic rings. The van der Waals surface area contributed by atoms with Gasteiger partial charge in [0.1, 0.15) is 11.6 Å². The van der Waals surface area contributed by atoms with Crippen molar-refractivity contribution in [2.24, 2.45) is 0 Å². The Hall–Kier alpha value is -3.03. The molecule has 1 aromatic heterocycles. The molecule has 0 saturated carbocycles. The maximum atomic E-state index is 13.2. The van der Waals surface area contributed by atoms with Gasteiger partial charge in [0.25, 0.3) is 5.91 Å². The third-order valence-electron chi connectivity index (χ3n) is 5.14. The van der Waals surface area contributed by atoms with Gasteiger partial charge in [-0.3, -0.25) is 4.79 Å². The first kappa shape index (κ1) is 21.2. The van der Waals surface area contributed by atoms with Gasteiger partial charge in [0.05, 0.1) is 31.6 Å². The van der Waals surface area contributed by atoms with Gasteiger partial charge in [-0.05, 0) is 42.7 Å². The normalized spacial score (nSPS) is 13.7. The maximum absolute atomic E-state index is 13.2. The second kappa shape index (κ2) is 9.85. The summed E-state index contributed by atoms with van der Waals surface area (Å²) in [4.78, 5) is 21.4. The van der Waals surface area contributed by atoms with E-state index in [4.69, 9.17) is 14.5 Å². The van der Waals surface area contributed by atoms with Crippen LogP contribution in [0, 0.1) is 0 Å². The Morgan fingerprint density at radius 2 is 1.87 bits per heavy atom. The van der Waals surface area contributed by atoms with E-state index in [0.29, 0.717) is 49.1 Å². The summed E-state index contributed by atoms with van der Waals surface area (Å²) in [5.74, 6) is 1.16. The second-order valence-corrected chi connectivity index (χ2v) is 7.96. The minimum Gasteiger partial charge on any atom is -0.497 e. The molecular formula is C24H25N3O3S. The molecule has 1 saturated heterocycles. The van der Waals surface area contributed by atoms with Crippen molar-refractivity contribution in [1.29, 1.82) is 0 Å². The van der Waals surface area contributed by atoms with Crippen molar-refractivity contribution >= 4 is 29.2 Å². The summed E-state index contributed by atoms with van der Waals surface area (Å²) >= 11 is 1.70. The zero-order valence-electron chi connectivity index (χ0n) is 17.6. The zero-order valence-corrected chi connectivity index (χ0v) is 18.4. The standard InChI is InChI=1S/C24H25N3O3S/c1-29-19-5-3-4-18(16-19)25-24(28)21-10-11-22(17-6-8-20(31-2)9-7-17)26-23(21)27-12-14-30-15-13-27/h3-11,16H,12-15H2,1-2H3,(H,25,28). The molecule has 1 N–H and O–H groups in total. The summed E-state index contributed by atoms with van der Waals surface area (Å²) in [6.07, 6.45) is 2.06. The molecule has 31 heavy (non-hydrogen) atoms. The smallest absolute Gasteiger partial charge is 0.259 e. The van der Waals surface area contributed by atoms with E-state index >= 15 is 0 Å². The minimum atomic E-state index is -0.202. The van der Waals surface area contributed by atoms with E-state index in [1.807, 2.05) is 30.3 Å². The van der Waals surface area contributed by atoms with Crippen LogP contribution in [0.5, 0.6) is 5.75 Å². The van der Waals surface area contributed by atoms with Gasteiger partial charge in [0.2, 0.25) is 0 Å². The van der Waals surface area contributed by atoms with Crippen molar-refractivity contribution < 1.29 is 14.3 Å². The number of anilines is 2. The maximum Gasteiger partial charge on any atom is 0.259 e. The van der Waals surface area contributed by atoms with Crippen molar-refractivity contribution in [3.63, 3.8) is 0 Å². The summed E-state index contributed by atoms with van der Waals surface area (Å²) in [6.45, 7) is 2.62. The van der Waals surface area contributed by atoms with Crippen LogP contribution in [0.25, 0.3) is 11.3 Å². The van der Waals surface area contributed by atoms with Gasteiger partial charge >= 0.3 is 0 Å². The van der Waals surface area contributed by atoms with Crippen LogP contribution in [0.3, 0.4) is 0 Å². The minimum absolute atomic E-state index is 0.202. The number of aromatic nitrogens is 1. The van der Waals surface area contributed by atoms with E-state index < -0.39 is 0 Å². The van der Waals surface area contributed by atoms with Crippen LogP contribution in [0.2, 0.25) is 0 Å². The highest BCUT2D eigenvalue weighted by Crippen LogP contribution is 2.28. The molecule has 0 atom stereocenters. The van der Waals surface area contributed by atoms with Gasteiger partial charge in [-0.15, -0.1) is 11.8 Å². The van der Waals surface area contributed by atoms with Gasteiger partial charge in [0, 0.05) is 35.3 Å². The van der Waals surface area contributed by atoms with E-state index in [1.54, 1.807) is 24.9 Å². The summed E-state index contributed by atoms with van der Waals surface area (Å²) in [6, 6.07) is 19.4. The Labute approximate surface area is 186 Å². The molecule has 0 bridgehead atoms. The highest BCUT2D eigenvalue weighted by atomic mass is 32.2. The fraction of sp³-hybridized carbons (Fsp3) is 0.250. The van der Waals surface area contributed by atoms with Crippen LogP contribution in [-0.4, -0.2) is 50.6 Å². The topological polar surface area (TPSA) is 63.7 Å². The van der Waals surface area contributed by atoms with Crippen molar-refractivity contribution in [3.05, 3.63) is 66.2 Å². The molecule has 7 heteroatoms. The van der Waals surface area contributed by atoms with Crippen LogP contribution < -0.4 is 15.0 Å². The molecule has 0 spiro atoms. The SMILES string of the molecule is COc1cccc(NC(=O)c2ccc(-c3ccc(SC)cc3)nc2N2CCOCC2)c1. The van der Waals surface area contributed by atoms with Gasteiger partial charge < -0.3 is 19.7 Å². The van der Waals surface area contributed by atoms with Crippen molar-refractivity contribution in [2.75, 3.05) is 49.9 Å². The Bertz CT molecular complexity index is 1050. The predicted molar refractivity (Wildman–Crippen MR) is 125 cm³/mol. The van der Waals surface area contributed by atoms with E-state index in [9.17, 15) is 4.79 Å². The highest BCUT2D eigenvalue weighted by molar-refractivity contribution is 7.98. The number of methoxy groups -OCH3 is 1. The Kier molecular flexibility index (Phi) is 6.74. The summed E-state index contributed by atoms with van der Waals surface area (Å²) in [7, 11) is 1.60. The number of nitrogens with one attached hydrogen (secondary N) is 1. The van der Waals surface area contributed by atoms with E-state index in [2.05, 4.69) is 40.7 Å². The molecule has 4 rings (SSSR count). The number of carbonyl (C=O) groups is 1. The first-order chi connectivity index (χ1) is 15.2. The second-order valence-electron chi connectivity index (χ2n) is 7.08. The summed E-state index contributed by atoms with van der Waals surface area (Å²) in [5.41, 5.74) is 3.07. The third kappa shape index (κ3) is 5.00. The predicted octanol–water partition coefficient (Wildman–Crippen LogP) is 4.57. The number of morpholine rings is 1. The lowest BCUT2D eigenvalue weighted by Gasteiger charge is -2.29. The number of benzene rings is 2. The number of ether oxygens (including phenoxy) is 2. The molecule has 0 radical (unpaired) electrons. The molecule has 0 aliphatic carbocycles. The molecule has 2 heterocycles. The van der Waals surface area contributed by atoms with Crippen LogP contribution in [0.1, 0.15) is 10.4 Å². The number of carbonyl (C=O) groups excluding carboxylic acids is 1. The van der Waals surface area contributed by atoms with Crippen molar-refractivity contribution in [1.82, 2.24) is 4.98 Å². The third-order valence-corrected chi connectivity index (χ3v) is 5.89. The quantitative estimate of drug-likeness (QED) is 0.573. The Morgan fingerprint density at radius 3 is 2.58 bits per heavy atom. The van der Waals surface area contributed by atoms with Gasteiger partial charge in [-0.2, -0.15) is 0 Å². The summed E-state index contributed by atoms with van der Waals surface area (Å²) < 4.78 is 10.8. The number of pyridine rings is 1. The van der Waals surface area contributed by atoms with Crippen molar-refractivity contribution in [3.8, 4) is 17.0 Å². The van der Waals surface area contributed by atoms with E-state index in [-0.39, 0.29) is 5.91 Å². The molecule has 1 aliphatic rings. The van der Waals surface area contributed by atoms with Gasteiger partial charge in [-0.1, -0.05) is 18.2 Å². The Balaban J connectivity index is 1.67. The molecular weight excluding hydrogens is 410 g/mol. The molecule has 1 fully saturated rings. The fourth-order valence-corrected chi connectivity index (χ4v) is 3.87. The largest absolute Gasteiger partial charge is 0.497 e. The fourth-order valence-electron chi connectivity index (χ4n) is 3.46. The number of hydrogen-bond donors (Lipinski definition) is 1. The summed E-state index contributed by atoms with van der Waals surface area (Å²) in [5, 5.41) is 2.97. The number of hydrogen-bond acceptors (Lipinski definition) is 6. The van der Waals surface area contributed by atoms with Crippen LogP contribution >= 0.6 is 11.8 Å². The van der Waals surface area contributed by atoms with Gasteiger partial charge in [-0.25, -0.2) is 4.98 Å². The van der Waals surface area contributed by atoms with Crippen molar-refractivity contribution in [2.45, 2.75) is 4.90 Å². The Morgan fingerprint density at radius 1 is 1.10 bits per heavy atom. The monoisotopic (exact) mass is 435 g/mol. The van der Waals surface area contributed by atoms with Crippen LogP contribution in [-0.2, 0) is 4.74 Å². The van der Waals surface area contributed by atoms with E-state index in [1.165, 1.54) is 4.90 Å². The van der Waals surface area contributed by atoms with E-state index in [0.717, 1.165) is 11.3 Å². The molecule has 160 valence electrons. The number of amides is 1. The number of thioether (sulfide) groups is 1. The molecule has 6 nitrogen and oxygen atoms in total. The molecule has 1 aliphatic heterocycles. The molecule has 0 unspecified atom stereocenters. The average molecular weight is 436 g/mol.